The fraction of sp³-hybridized carbons (Fsp3) is 0.393. The third-order valence-corrected chi connectivity index (χ3v) is 7.51. The maximum Gasteiger partial charge on any atom is 0.321 e. The Hall–Kier alpha value is -3.34. The van der Waals surface area contributed by atoms with Crippen LogP contribution in [-0.4, -0.2) is 41.8 Å². The first kappa shape index (κ1) is 30.6. The van der Waals surface area contributed by atoms with E-state index in [0.717, 1.165) is 12.8 Å². The molecule has 41 heavy (non-hydrogen) atoms. The molecule has 0 saturated heterocycles. The van der Waals surface area contributed by atoms with Crippen molar-refractivity contribution >= 4 is 46.7 Å². The zero-order valence-electron chi connectivity index (χ0n) is 22.2. The SMILES string of the molecule is CCOC(=O)C(C(=O)OCC)C(C[N+](=O)[O-])c1ccc(OCc2c(-c3c(Cl)cccc3Cl)noc2C2CC2)cc1Cl. The number of rotatable bonds is 13. The Labute approximate surface area is 250 Å². The van der Waals surface area contributed by atoms with Crippen LogP contribution in [0.15, 0.2) is 40.9 Å². The van der Waals surface area contributed by atoms with Crippen molar-refractivity contribution in [2.45, 2.75) is 45.1 Å². The summed E-state index contributed by atoms with van der Waals surface area (Å²) in [5.41, 5.74) is 1.90. The summed E-state index contributed by atoms with van der Waals surface area (Å²) >= 11 is 19.4. The lowest BCUT2D eigenvalue weighted by Crippen LogP contribution is -2.36. The second kappa shape index (κ2) is 13.5. The number of halogens is 3. The predicted molar refractivity (Wildman–Crippen MR) is 151 cm³/mol. The fourth-order valence-electron chi connectivity index (χ4n) is 4.53. The van der Waals surface area contributed by atoms with Crippen LogP contribution in [0.4, 0.5) is 0 Å². The highest BCUT2D eigenvalue weighted by molar-refractivity contribution is 6.39. The molecule has 1 aliphatic carbocycles. The zero-order valence-corrected chi connectivity index (χ0v) is 24.5. The molecule has 1 aliphatic rings. The first-order chi connectivity index (χ1) is 19.7. The highest BCUT2D eigenvalue weighted by Crippen LogP contribution is 2.46. The number of benzene rings is 2. The molecule has 0 spiro atoms. The minimum atomic E-state index is -1.58. The van der Waals surface area contributed by atoms with Crippen molar-refractivity contribution in [3.05, 3.63) is 78.5 Å². The van der Waals surface area contributed by atoms with E-state index in [1.165, 1.54) is 12.1 Å². The smallest absolute Gasteiger partial charge is 0.321 e. The Morgan fingerprint density at radius 2 is 1.68 bits per heavy atom. The highest BCUT2D eigenvalue weighted by Gasteiger charge is 2.42. The van der Waals surface area contributed by atoms with Crippen LogP contribution in [0.3, 0.4) is 0 Å². The molecule has 13 heteroatoms. The van der Waals surface area contributed by atoms with Crippen molar-refractivity contribution in [1.29, 1.82) is 0 Å². The van der Waals surface area contributed by atoms with E-state index < -0.39 is 35.2 Å². The molecule has 1 unspecified atom stereocenters. The molecule has 0 amide bonds. The molecule has 0 aliphatic heterocycles. The molecule has 1 aromatic heterocycles. The summed E-state index contributed by atoms with van der Waals surface area (Å²) in [4.78, 5) is 36.3. The molecule has 2 aromatic carbocycles. The van der Waals surface area contributed by atoms with Crippen molar-refractivity contribution in [3.8, 4) is 17.0 Å². The molecule has 0 radical (unpaired) electrons. The Balaban J connectivity index is 1.64. The van der Waals surface area contributed by atoms with E-state index in [1.54, 1.807) is 38.1 Å². The van der Waals surface area contributed by atoms with E-state index in [1.807, 2.05) is 0 Å². The lowest BCUT2D eigenvalue weighted by Gasteiger charge is -2.23. The molecule has 10 nitrogen and oxygen atoms in total. The predicted octanol–water partition coefficient (Wildman–Crippen LogP) is 6.86. The molecule has 4 rings (SSSR count). The van der Waals surface area contributed by atoms with Crippen LogP contribution in [0, 0.1) is 16.0 Å². The molecule has 1 fully saturated rings. The van der Waals surface area contributed by atoms with Crippen LogP contribution >= 0.6 is 34.8 Å². The second-order valence-corrected chi connectivity index (χ2v) is 10.5. The topological polar surface area (TPSA) is 131 Å². The number of esters is 2. The summed E-state index contributed by atoms with van der Waals surface area (Å²) in [6, 6.07) is 9.64. The van der Waals surface area contributed by atoms with Crippen molar-refractivity contribution in [3.63, 3.8) is 0 Å². The van der Waals surface area contributed by atoms with Gasteiger partial charge < -0.3 is 18.7 Å². The summed E-state index contributed by atoms with van der Waals surface area (Å²) < 4.78 is 21.8. The van der Waals surface area contributed by atoms with Gasteiger partial charge in [0, 0.05) is 21.4 Å². The van der Waals surface area contributed by atoms with Crippen LogP contribution < -0.4 is 4.74 Å². The number of ether oxygens (including phenoxy) is 3. The number of carbonyl (C=O) groups excluding carboxylic acids is 2. The molecule has 1 saturated carbocycles. The summed E-state index contributed by atoms with van der Waals surface area (Å²) in [6.07, 6.45) is 1.91. The van der Waals surface area contributed by atoms with E-state index >= 15 is 0 Å². The van der Waals surface area contributed by atoms with E-state index in [0.29, 0.717) is 38.4 Å². The van der Waals surface area contributed by atoms with Crippen LogP contribution in [0.25, 0.3) is 11.3 Å². The minimum absolute atomic E-state index is 0.0203. The Bertz CT molecular complexity index is 1400. The first-order valence-electron chi connectivity index (χ1n) is 13.0. The number of nitro groups is 1. The average Bonchev–Trinajstić information content (AvgIpc) is 3.67. The third-order valence-electron chi connectivity index (χ3n) is 6.55. The van der Waals surface area contributed by atoms with Crippen molar-refractivity contribution in [1.82, 2.24) is 5.16 Å². The first-order valence-corrected chi connectivity index (χ1v) is 14.1. The third kappa shape index (κ3) is 7.12. The number of hydrogen-bond acceptors (Lipinski definition) is 9. The number of nitrogens with zero attached hydrogens (tertiary/aromatic N) is 2. The lowest BCUT2D eigenvalue weighted by molar-refractivity contribution is -0.484. The van der Waals surface area contributed by atoms with Gasteiger partial charge in [-0.15, -0.1) is 0 Å². The van der Waals surface area contributed by atoms with E-state index in [4.69, 9.17) is 53.5 Å². The Morgan fingerprint density at radius 3 is 2.22 bits per heavy atom. The molecular weight excluding hydrogens is 599 g/mol. The van der Waals surface area contributed by atoms with E-state index in [9.17, 15) is 19.7 Å². The number of hydrogen-bond donors (Lipinski definition) is 0. The van der Waals surface area contributed by atoms with Gasteiger partial charge in [0.05, 0.1) is 34.7 Å². The van der Waals surface area contributed by atoms with Gasteiger partial charge in [0.2, 0.25) is 6.54 Å². The van der Waals surface area contributed by atoms with Gasteiger partial charge in [0.15, 0.2) is 5.92 Å². The Kier molecular flexibility index (Phi) is 10.1. The van der Waals surface area contributed by atoms with Gasteiger partial charge in [-0.2, -0.15) is 0 Å². The number of aromatic nitrogens is 1. The van der Waals surface area contributed by atoms with Gasteiger partial charge >= 0.3 is 11.9 Å². The van der Waals surface area contributed by atoms with Crippen molar-refractivity contribution in [2.75, 3.05) is 19.8 Å². The monoisotopic (exact) mass is 624 g/mol. The normalized spacial score (nSPS) is 13.6. The largest absolute Gasteiger partial charge is 0.489 e. The summed E-state index contributed by atoms with van der Waals surface area (Å²) in [7, 11) is 0. The quantitative estimate of drug-likeness (QED) is 0.0865. The summed E-state index contributed by atoms with van der Waals surface area (Å²) in [6.45, 7) is 2.39. The molecule has 3 aromatic rings. The van der Waals surface area contributed by atoms with E-state index in [-0.39, 0.29) is 36.3 Å². The zero-order chi connectivity index (χ0) is 29.7. The van der Waals surface area contributed by atoms with E-state index in [2.05, 4.69) is 5.16 Å². The minimum Gasteiger partial charge on any atom is -0.489 e. The van der Waals surface area contributed by atoms with Crippen LogP contribution in [-0.2, 0) is 25.7 Å². The van der Waals surface area contributed by atoms with Crippen LogP contribution in [0.2, 0.25) is 15.1 Å². The Morgan fingerprint density at radius 1 is 1.05 bits per heavy atom. The van der Waals surface area contributed by atoms with Gasteiger partial charge in [-0.25, -0.2) is 0 Å². The van der Waals surface area contributed by atoms with Gasteiger partial charge in [-0.1, -0.05) is 52.1 Å². The molecular formula is C28H27Cl3N2O8. The number of carbonyl (C=O) groups is 2. The van der Waals surface area contributed by atoms with Crippen LogP contribution in [0.1, 0.15) is 55.4 Å². The van der Waals surface area contributed by atoms with Gasteiger partial charge in [0.1, 0.15) is 23.8 Å². The van der Waals surface area contributed by atoms with Crippen LogP contribution in [0.5, 0.6) is 5.75 Å². The summed E-state index contributed by atoms with van der Waals surface area (Å²) in [5, 5.41) is 16.7. The lowest BCUT2D eigenvalue weighted by atomic mass is 9.85. The summed E-state index contributed by atoms with van der Waals surface area (Å²) in [5.74, 6) is -3.44. The highest BCUT2D eigenvalue weighted by atomic mass is 35.5. The molecule has 218 valence electrons. The van der Waals surface area contributed by atoms with Gasteiger partial charge in [-0.05, 0) is 56.5 Å². The maximum absolute atomic E-state index is 12.7. The fourth-order valence-corrected chi connectivity index (χ4v) is 5.42. The standard InChI is InChI=1S/C28H27Cl3N2O8/c1-3-38-27(34)23(28(35)39-4-2)18(13-33(36)37)17-11-10-16(12-22(17)31)40-14-19-25(32-41-26(19)15-8-9-15)24-20(29)6-5-7-21(24)30/h5-7,10-12,15,18,23H,3-4,8-9,13-14H2,1-2H3. The molecule has 1 heterocycles. The van der Waals surface area contributed by atoms with Crippen molar-refractivity contribution < 1.29 is 33.2 Å². The molecule has 1 atom stereocenters. The second-order valence-electron chi connectivity index (χ2n) is 9.32. The molecule has 0 bridgehead atoms. The average molecular weight is 626 g/mol. The molecule has 0 N–H and O–H groups in total. The van der Waals surface area contributed by atoms with Gasteiger partial charge in [0.25, 0.3) is 0 Å². The van der Waals surface area contributed by atoms with Gasteiger partial charge in [-0.3, -0.25) is 19.7 Å². The maximum atomic E-state index is 12.7. The van der Waals surface area contributed by atoms with Crippen molar-refractivity contribution in [2.24, 2.45) is 5.92 Å².